The highest BCUT2D eigenvalue weighted by Gasteiger charge is 2.17. The molecule has 0 saturated heterocycles. The molecule has 0 fully saturated rings. The van der Waals surface area contributed by atoms with E-state index in [-0.39, 0.29) is 18.2 Å². The van der Waals surface area contributed by atoms with Crippen LogP contribution in [0.4, 0.5) is 10.5 Å². The van der Waals surface area contributed by atoms with Crippen molar-refractivity contribution in [1.82, 2.24) is 4.57 Å². The van der Waals surface area contributed by atoms with Gasteiger partial charge in [0.1, 0.15) is 0 Å². The van der Waals surface area contributed by atoms with Crippen molar-refractivity contribution in [2.24, 2.45) is 0 Å². The summed E-state index contributed by atoms with van der Waals surface area (Å²) < 4.78 is 11.8. The molecular weight excluding hydrogens is 312 g/mol. The molecule has 3 aromatic rings. The second-order valence-electron chi connectivity index (χ2n) is 4.94. The van der Waals surface area contributed by atoms with E-state index in [1.54, 1.807) is 23.6 Å². The van der Waals surface area contributed by atoms with Crippen molar-refractivity contribution < 1.29 is 19.2 Å². The molecule has 3 rings (SSSR count). The molecule has 0 N–H and O–H groups in total. The van der Waals surface area contributed by atoms with Gasteiger partial charge in [-0.3, -0.25) is 14.7 Å². The molecule has 0 bridgehead atoms. The molecule has 0 radical (unpaired) electrons. The Morgan fingerprint density at radius 3 is 2.58 bits per heavy atom. The van der Waals surface area contributed by atoms with Crippen LogP contribution < -0.4 is 4.74 Å². The Hall–Kier alpha value is -3.35. The normalized spacial score (nSPS) is 10.5. The molecular formula is C17H14N2O5. The number of aromatic nitrogens is 1. The number of carbonyl (C=O) groups excluding carboxylic acids is 1. The zero-order valence-corrected chi connectivity index (χ0v) is 12.8. The van der Waals surface area contributed by atoms with Gasteiger partial charge in [0.15, 0.2) is 0 Å². The third-order valence-electron chi connectivity index (χ3n) is 3.43. The van der Waals surface area contributed by atoms with Gasteiger partial charge in [-0.2, -0.15) is 0 Å². The average molecular weight is 326 g/mol. The molecule has 7 heteroatoms. The van der Waals surface area contributed by atoms with Gasteiger partial charge in [0.05, 0.1) is 17.0 Å². The highest BCUT2D eigenvalue weighted by molar-refractivity contribution is 5.87. The molecule has 2 aromatic carbocycles. The fraction of sp³-hybridized carbons (Fsp3) is 0.118. The summed E-state index contributed by atoms with van der Waals surface area (Å²) >= 11 is 0. The molecule has 0 amide bonds. The van der Waals surface area contributed by atoms with Crippen molar-refractivity contribution in [3.63, 3.8) is 0 Å². The lowest BCUT2D eigenvalue weighted by Crippen LogP contribution is -2.12. The fourth-order valence-electron chi connectivity index (χ4n) is 2.44. The molecule has 7 nitrogen and oxygen atoms in total. The summed E-state index contributed by atoms with van der Waals surface area (Å²) in [5, 5.41) is 11.6. The molecule has 0 saturated carbocycles. The van der Waals surface area contributed by atoms with Crippen LogP contribution in [0.25, 0.3) is 16.6 Å². The molecule has 0 atom stereocenters. The molecule has 1 heterocycles. The Bertz CT molecular complexity index is 902. The van der Waals surface area contributed by atoms with Gasteiger partial charge in [0.2, 0.25) is 5.88 Å². The zero-order valence-electron chi connectivity index (χ0n) is 12.8. The molecule has 0 aliphatic carbocycles. The van der Waals surface area contributed by atoms with Gasteiger partial charge >= 0.3 is 6.16 Å². The summed E-state index contributed by atoms with van der Waals surface area (Å²) in [4.78, 5) is 22.2. The first-order chi connectivity index (χ1) is 11.6. The Morgan fingerprint density at radius 1 is 1.17 bits per heavy atom. The number of hydrogen-bond acceptors (Lipinski definition) is 5. The van der Waals surface area contributed by atoms with Crippen LogP contribution in [0, 0.1) is 10.1 Å². The minimum atomic E-state index is -0.827. The van der Waals surface area contributed by atoms with Gasteiger partial charge < -0.3 is 9.47 Å². The fourth-order valence-corrected chi connectivity index (χ4v) is 2.44. The largest absolute Gasteiger partial charge is 0.515 e. The van der Waals surface area contributed by atoms with Crippen LogP contribution in [0.1, 0.15) is 6.92 Å². The van der Waals surface area contributed by atoms with Gasteiger partial charge in [-0.25, -0.2) is 4.79 Å². The summed E-state index contributed by atoms with van der Waals surface area (Å²) in [6.07, 6.45) is -0.827. The van der Waals surface area contributed by atoms with E-state index in [1.807, 2.05) is 30.3 Å². The lowest BCUT2D eigenvalue weighted by molar-refractivity contribution is -0.384. The van der Waals surface area contributed by atoms with E-state index in [2.05, 4.69) is 0 Å². The van der Waals surface area contributed by atoms with Crippen LogP contribution in [0.15, 0.2) is 54.6 Å². The number of rotatable bonds is 4. The number of nitrogens with zero attached hydrogens (tertiary/aromatic N) is 2. The highest BCUT2D eigenvalue weighted by Crippen LogP contribution is 2.32. The van der Waals surface area contributed by atoms with Gasteiger partial charge in [0, 0.05) is 29.3 Å². The number of benzene rings is 2. The Kier molecular flexibility index (Phi) is 4.15. The van der Waals surface area contributed by atoms with E-state index < -0.39 is 11.1 Å². The second kappa shape index (κ2) is 6.41. The summed E-state index contributed by atoms with van der Waals surface area (Å²) in [6, 6.07) is 15.3. The molecule has 122 valence electrons. The van der Waals surface area contributed by atoms with Gasteiger partial charge in [-0.1, -0.05) is 18.2 Å². The van der Waals surface area contributed by atoms with Crippen LogP contribution in [-0.4, -0.2) is 22.3 Å². The van der Waals surface area contributed by atoms with Crippen LogP contribution in [0.3, 0.4) is 0 Å². The molecule has 0 aliphatic rings. The van der Waals surface area contributed by atoms with Crippen molar-refractivity contribution in [3.8, 4) is 11.6 Å². The lowest BCUT2D eigenvalue weighted by atomic mass is 10.2. The number of hydrogen-bond donors (Lipinski definition) is 0. The third-order valence-corrected chi connectivity index (χ3v) is 3.43. The topological polar surface area (TPSA) is 83.6 Å². The number of nitro groups is 1. The van der Waals surface area contributed by atoms with Crippen LogP contribution >= 0.6 is 0 Å². The Labute approximate surface area is 137 Å². The quantitative estimate of drug-likeness (QED) is 0.410. The summed E-state index contributed by atoms with van der Waals surface area (Å²) in [7, 11) is 0. The van der Waals surface area contributed by atoms with Gasteiger partial charge in [-0.15, -0.1) is 0 Å². The number of nitro benzene ring substituents is 1. The van der Waals surface area contributed by atoms with Crippen molar-refractivity contribution in [1.29, 1.82) is 0 Å². The number of fused-ring (bicyclic) bond motifs is 1. The van der Waals surface area contributed by atoms with E-state index >= 15 is 0 Å². The Balaban J connectivity index is 2.17. The highest BCUT2D eigenvalue weighted by atomic mass is 16.7. The van der Waals surface area contributed by atoms with E-state index in [0.29, 0.717) is 10.9 Å². The first-order valence-corrected chi connectivity index (χ1v) is 7.30. The molecule has 0 aliphatic heterocycles. The minimum absolute atomic E-state index is 0.0320. The van der Waals surface area contributed by atoms with E-state index in [0.717, 1.165) is 5.69 Å². The lowest BCUT2D eigenvalue weighted by Gasteiger charge is -2.10. The number of non-ortho nitro benzene ring substituents is 1. The molecule has 1 aromatic heterocycles. The SMILES string of the molecule is CCOC(=O)Oc1cc2cc([N+](=O)[O-])ccc2n1-c1ccccc1. The average Bonchev–Trinajstić information content (AvgIpc) is 2.92. The zero-order chi connectivity index (χ0) is 17.1. The molecule has 0 spiro atoms. The number of ether oxygens (including phenoxy) is 2. The van der Waals surface area contributed by atoms with Crippen LogP contribution in [0.5, 0.6) is 5.88 Å². The minimum Gasteiger partial charge on any atom is -0.434 e. The predicted molar refractivity (Wildman–Crippen MR) is 87.6 cm³/mol. The maximum Gasteiger partial charge on any atom is 0.515 e. The standard InChI is InChI=1S/C17H14N2O5/c1-2-23-17(20)24-16-11-12-10-14(19(21)22)8-9-15(12)18(16)13-6-4-3-5-7-13/h3-11H,2H2,1H3. The summed E-state index contributed by atoms with van der Waals surface area (Å²) in [6.45, 7) is 1.87. The maximum absolute atomic E-state index is 11.7. The van der Waals surface area contributed by atoms with Crippen molar-refractivity contribution >= 4 is 22.7 Å². The van der Waals surface area contributed by atoms with Gasteiger partial charge in [-0.05, 0) is 25.1 Å². The van der Waals surface area contributed by atoms with E-state index in [9.17, 15) is 14.9 Å². The number of carbonyl (C=O) groups is 1. The van der Waals surface area contributed by atoms with Crippen molar-refractivity contribution in [2.75, 3.05) is 6.61 Å². The first kappa shape index (κ1) is 15.5. The number of para-hydroxylation sites is 1. The third kappa shape index (κ3) is 2.91. The maximum atomic E-state index is 11.7. The smallest absolute Gasteiger partial charge is 0.434 e. The van der Waals surface area contributed by atoms with Crippen molar-refractivity contribution in [3.05, 3.63) is 64.7 Å². The van der Waals surface area contributed by atoms with E-state index in [4.69, 9.17) is 9.47 Å². The monoisotopic (exact) mass is 326 g/mol. The summed E-state index contributed by atoms with van der Waals surface area (Å²) in [5.74, 6) is 0.232. The first-order valence-electron chi connectivity index (χ1n) is 7.30. The van der Waals surface area contributed by atoms with E-state index in [1.165, 1.54) is 12.1 Å². The Morgan fingerprint density at radius 2 is 1.92 bits per heavy atom. The molecule has 24 heavy (non-hydrogen) atoms. The molecule has 0 unspecified atom stereocenters. The van der Waals surface area contributed by atoms with Crippen molar-refractivity contribution in [2.45, 2.75) is 6.92 Å². The van der Waals surface area contributed by atoms with Crippen LogP contribution in [-0.2, 0) is 4.74 Å². The second-order valence-corrected chi connectivity index (χ2v) is 4.94. The van der Waals surface area contributed by atoms with Crippen LogP contribution in [0.2, 0.25) is 0 Å². The van der Waals surface area contributed by atoms with Gasteiger partial charge in [0.25, 0.3) is 5.69 Å². The summed E-state index contributed by atoms with van der Waals surface area (Å²) in [5.41, 5.74) is 1.42. The predicted octanol–water partition coefficient (Wildman–Crippen LogP) is 4.07.